The smallest absolute Gasteiger partial charge is 0.326 e. The van der Waals surface area contributed by atoms with Gasteiger partial charge in [0.15, 0.2) is 0 Å². The topological polar surface area (TPSA) is 59.1 Å². The lowest BCUT2D eigenvalue weighted by atomic mass is 10.2. The molecule has 0 saturated carbocycles. The van der Waals surface area contributed by atoms with Gasteiger partial charge in [-0.2, -0.15) is 0 Å². The van der Waals surface area contributed by atoms with Crippen LogP contribution in [0, 0.1) is 0 Å². The van der Waals surface area contributed by atoms with Gasteiger partial charge in [0.05, 0.1) is 11.5 Å². The molecule has 2 rings (SSSR count). The molecule has 0 unspecified atom stereocenters. The van der Waals surface area contributed by atoms with Crippen molar-refractivity contribution in [3.05, 3.63) is 34.7 Å². The zero-order valence-electron chi connectivity index (χ0n) is 15.5. The fourth-order valence-corrected chi connectivity index (χ4v) is 3.39. The van der Waals surface area contributed by atoms with Gasteiger partial charge in [-0.1, -0.05) is 36.1 Å². The first-order valence-electron chi connectivity index (χ1n) is 8.19. The summed E-state index contributed by atoms with van der Waals surface area (Å²) in [6.45, 7) is 3.26. The molecular weight excluding hydrogens is 408 g/mol. The fourth-order valence-electron chi connectivity index (χ4n) is 2.13. The summed E-state index contributed by atoms with van der Waals surface area (Å²) in [6, 6.07) is 7.43. The lowest BCUT2D eigenvalue weighted by molar-refractivity contribution is -0.146. The van der Waals surface area contributed by atoms with E-state index in [0.29, 0.717) is 22.4 Å². The van der Waals surface area contributed by atoms with Crippen molar-refractivity contribution >= 4 is 58.7 Å². The number of thioether (sulfide) groups is 1. The predicted octanol–water partition coefficient (Wildman–Crippen LogP) is 2.81. The number of thiocarbonyl (C=S) groups is 1. The van der Waals surface area contributed by atoms with Gasteiger partial charge in [0.2, 0.25) is 0 Å². The molecule has 1 aromatic carbocycles. The Kier molecular flexibility index (Phi) is 9.79. The minimum Gasteiger partial charge on any atom is -0.494 e. The van der Waals surface area contributed by atoms with Crippen LogP contribution in [0.3, 0.4) is 0 Å². The van der Waals surface area contributed by atoms with E-state index < -0.39 is 5.97 Å². The van der Waals surface area contributed by atoms with Crippen molar-refractivity contribution < 1.29 is 19.1 Å². The van der Waals surface area contributed by atoms with Crippen molar-refractivity contribution in [3.63, 3.8) is 0 Å². The summed E-state index contributed by atoms with van der Waals surface area (Å²) >= 11 is 6.41. The van der Waals surface area contributed by atoms with Crippen molar-refractivity contribution in [2.45, 2.75) is 6.92 Å². The van der Waals surface area contributed by atoms with Crippen LogP contribution in [0.4, 0.5) is 0 Å². The Hall–Kier alpha value is -1.61. The van der Waals surface area contributed by atoms with Crippen molar-refractivity contribution in [1.82, 2.24) is 9.80 Å². The monoisotopic (exact) mass is 430 g/mol. The first-order chi connectivity index (χ1) is 12.4. The highest BCUT2D eigenvalue weighted by Gasteiger charge is 2.33. The number of carbonyl (C=O) groups is 2. The van der Waals surface area contributed by atoms with Crippen molar-refractivity contribution in [2.75, 3.05) is 40.4 Å². The molecule has 0 radical (unpaired) electrons. The molecule has 1 amide bonds. The molecule has 1 aliphatic rings. The standard InChI is InChI=1S/C18H22N2O4S2.ClH/c1-4-23-14-7-5-13(6-8-14)11-15-17(22)20(18(25)26-15)12-16(21)24-10-9-19(2)3;/h5-8,11H,4,9-10,12H2,1-3H3;1H/b15-11-;. The van der Waals surface area contributed by atoms with Gasteiger partial charge in [0.25, 0.3) is 5.91 Å². The van der Waals surface area contributed by atoms with E-state index >= 15 is 0 Å². The van der Waals surface area contributed by atoms with E-state index in [1.165, 1.54) is 16.7 Å². The Labute approximate surface area is 175 Å². The van der Waals surface area contributed by atoms with E-state index in [1.54, 1.807) is 6.08 Å². The Balaban J connectivity index is 0.00000364. The summed E-state index contributed by atoms with van der Waals surface area (Å²) in [4.78, 5) is 28.1. The Bertz CT molecular complexity index is 708. The van der Waals surface area contributed by atoms with Crippen LogP contribution in [0.1, 0.15) is 12.5 Å². The van der Waals surface area contributed by atoms with Crippen LogP contribution in [0.2, 0.25) is 0 Å². The Morgan fingerprint density at radius 3 is 2.56 bits per heavy atom. The summed E-state index contributed by atoms with van der Waals surface area (Å²) in [5, 5.41) is 0. The first kappa shape index (κ1) is 23.4. The predicted molar refractivity (Wildman–Crippen MR) is 114 cm³/mol. The van der Waals surface area contributed by atoms with Gasteiger partial charge < -0.3 is 14.4 Å². The highest BCUT2D eigenvalue weighted by atomic mass is 35.5. The Morgan fingerprint density at radius 2 is 1.96 bits per heavy atom. The maximum absolute atomic E-state index is 12.5. The average Bonchev–Trinajstić information content (AvgIpc) is 2.84. The molecule has 1 aromatic rings. The number of ether oxygens (including phenoxy) is 2. The van der Waals surface area contributed by atoms with Crippen LogP contribution in [0.15, 0.2) is 29.2 Å². The molecule has 0 aromatic heterocycles. The van der Waals surface area contributed by atoms with Gasteiger partial charge in [0.1, 0.15) is 23.2 Å². The molecule has 0 atom stereocenters. The number of benzene rings is 1. The quantitative estimate of drug-likeness (QED) is 0.357. The Morgan fingerprint density at radius 1 is 1.30 bits per heavy atom. The molecule has 1 saturated heterocycles. The number of amides is 1. The molecular formula is C18H23ClN2O4S2. The summed E-state index contributed by atoms with van der Waals surface area (Å²) in [7, 11) is 3.78. The zero-order chi connectivity index (χ0) is 19.1. The summed E-state index contributed by atoms with van der Waals surface area (Å²) in [5.41, 5.74) is 0.863. The van der Waals surface area contributed by atoms with Crippen molar-refractivity contribution in [2.24, 2.45) is 0 Å². The number of nitrogens with zero attached hydrogens (tertiary/aromatic N) is 2. The zero-order valence-corrected chi connectivity index (χ0v) is 17.9. The first-order valence-corrected chi connectivity index (χ1v) is 9.41. The molecule has 1 fully saturated rings. The van der Waals surface area contributed by atoms with Gasteiger partial charge in [-0.15, -0.1) is 12.4 Å². The van der Waals surface area contributed by atoms with E-state index in [1.807, 2.05) is 50.2 Å². The number of rotatable bonds is 8. The van der Waals surface area contributed by atoms with Gasteiger partial charge >= 0.3 is 5.97 Å². The molecule has 0 N–H and O–H groups in total. The summed E-state index contributed by atoms with van der Waals surface area (Å²) in [5.74, 6) is 0.0292. The maximum atomic E-state index is 12.5. The van der Waals surface area contributed by atoms with Gasteiger partial charge in [-0.25, -0.2) is 0 Å². The van der Waals surface area contributed by atoms with E-state index in [0.717, 1.165) is 11.3 Å². The van der Waals surface area contributed by atoms with E-state index in [2.05, 4.69) is 0 Å². The molecule has 27 heavy (non-hydrogen) atoms. The second-order valence-corrected chi connectivity index (χ2v) is 7.47. The highest BCUT2D eigenvalue weighted by molar-refractivity contribution is 8.26. The van der Waals surface area contributed by atoms with E-state index in [9.17, 15) is 9.59 Å². The minimum atomic E-state index is -0.467. The highest BCUT2D eigenvalue weighted by Crippen LogP contribution is 2.32. The van der Waals surface area contributed by atoms with Crippen molar-refractivity contribution in [1.29, 1.82) is 0 Å². The molecule has 0 bridgehead atoms. The normalized spacial score (nSPS) is 15.3. The summed E-state index contributed by atoms with van der Waals surface area (Å²) in [6.07, 6.45) is 1.76. The molecule has 6 nitrogen and oxygen atoms in total. The maximum Gasteiger partial charge on any atom is 0.326 e. The number of halogens is 1. The SMILES string of the molecule is CCOc1ccc(/C=C2\SC(=S)N(CC(=O)OCCN(C)C)C2=O)cc1.Cl. The fraction of sp³-hybridized carbons (Fsp3) is 0.389. The molecule has 1 aliphatic heterocycles. The number of hydrogen-bond acceptors (Lipinski definition) is 7. The molecule has 0 spiro atoms. The number of hydrogen-bond donors (Lipinski definition) is 0. The number of esters is 1. The van der Waals surface area contributed by atoms with Gasteiger partial charge in [-0.05, 0) is 44.8 Å². The van der Waals surface area contributed by atoms with Gasteiger partial charge in [0, 0.05) is 6.54 Å². The van der Waals surface area contributed by atoms with Crippen LogP contribution >= 0.6 is 36.4 Å². The lowest BCUT2D eigenvalue weighted by Gasteiger charge is -2.14. The third-order valence-corrected chi connectivity index (χ3v) is 4.83. The minimum absolute atomic E-state index is 0. The van der Waals surface area contributed by atoms with Crippen LogP contribution < -0.4 is 4.74 Å². The molecule has 9 heteroatoms. The third-order valence-electron chi connectivity index (χ3n) is 3.45. The molecule has 0 aliphatic carbocycles. The average molecular weight is 431 g/mol. The van der Waals surface area contributed by atoms with Crippen molar-refractivity contribution in [3.8, 4) is 5.75 Å². The number of likely N-dealkylation sites (N-methyl/N-ethyl adjacent to an activating group) is 1. The lowest BCUT2D eigenvalue weighted by Crippen LogP contribution is -2.35. The second-order valence-electron chi connectivity index (χ2n) is 5.79. The number of carbonyl (C=O) groups excluding carboxylic acids is 2. The van der Waals surface area contributed by atoms with E-state index in [-0.39, 0.29) is 31.5 Å². The third kappa shape index (κ3) is 7.14. The van der Waals surface area contributed by atoms with Crippen LogP contribution in [0.25, 0.3) is 6.08 Å². The van der Waals surface area contributed by atoms with E-state index in [4.69, 9.17) is 21.7 Å². The van der Waals surface area contributed by atoms with Crippen LogP contribution in [-0.2, 0) is 14.3 Å². The summed E-state index contributed by atoms with van der Waals surface area (Å²) < 4.78 is 10.9. The van der Waals surface area contributed by atoms with Crippen LogP contribution in [-0.4, -0.2) is 66.4 Å². The van der Waals surface area contributed by atoms with Crippen LogP contribution in [0.5, 0.6) is 5.75 Å². The largest absolute Gasteiger partial charge is 0.494 e. The molecule has 148 valence electrons. The second kappa shape index (κ2) is 11.3. The van der Waals surface area contributed by atoms with Gasteiger partial charge in [-0.3, -0.25) is 14.5 Å². The molecule has 1 heterocycles.